The van der Waals surface area contributed by atoms with E-state index in [4.69, 9.17) is 0 Å². The Morgan fingerprint density at radius 3 is 2.21 bits per heavy atom. The average Bonchev–Trinajstić information content (AvgIpc) is 2.85. The lowest BCUT2D eigenvalue weighted by Gasteiger charge is -2.41. The van der Waals surface area contributed by atoms with E-state index in [0.29, 0.717) is 5.39 Å². The number of imide groups is 1. The van der Waals surface area contributed by atoms with Gasteiger partial charge in [0, 0.05) is 31.3 Å². The minimum absolute atomic E-state index is 0.170. The molecule has 7 heteroatoms. The Morgan fingerprint density at radius 1 is 0.875 bits per heavy atom. The summed E-state index contributed by atoms with van der Waals surface area (Å²) in [5.41, 5.74) is 0. The quantitative estimate of drug-likeness (QED) is 0.788. The summed E-state index contributed by atoms with van der Waals surface area (Å²) in [5.74, 6) is -0.403. The molecule has 4 rings (SSSR count). The maximum atomic E-state index is 12.9. The third-order valence-corrected chi connectivity index (χ3v) is 6.54. The van der Waals surface area contributed by atoms with Gasteiger partial charge in [-0.15, -0.1) is 0 Å². The normalized spacial score (nSPS) is 19.9. The van der Waals surface area contributed by atoms with Crippen LogP contribution in [-0.2, 0) is 19.6 Å². The van der Waals surface area contributed by atoms with Crippen molar-refractivity contribution in [2.24, 2.45) is 0 Å². The van der Waals surface area contributed by atoms with E-state index in [0.717, 1.165) is 5.39 Å². The van der Waals surface area contributed by atoms with Gasteiger partial charge in [0.15, 0.2) is 0 Å². The Balaban J connectivity index is 1.61. The standard InChI is InChI=1S/C17H16N2O4S/c20-16-8-9-17(21)19(16)13-10-18(11-13)24(22,23)15-7-3-5-12-4-1-2-6-14(12)15/h1-7,13H,8-11H2. The molecule has 0 saturated carbocycles. The van der Waals surface area contributed by atoms with Crippen LogP contribution in [0.2, 0.25) is 0 Å². The predicted molar refractivity (Wildman–Crippen MR) is 87.6 cm³/mol. The zero-order valence-electron chi connectivity index (χ0n) is 12.9. The van der Waals surface area contributed by atoms with Gasteiger partial charge in [-0.3, -0.25) is 14.5 Å². The van der Waals surface area contributed by atoms with Crippen LogP contribution in [0.4, 0.5) is 0 Å². The van der Waals surface area contributed by atoms with E-state index in [1.54, 1.807) is 18.2 Å². The number of carbonyl (C=O) groups is 2. The van der Waals surface area contributed by atoms with Crippen molar-refractivity contribution in [3.63, 3.8) is 0 Å². The fraction of sp³-hybridized carbons (Fsp3) is 0.294. The highest BCUT2D eigenvalue weighted by Crippen LogP contribution is 2.31. The summed E-state index contributed by atoms with van der Waals surface area (Å²) in [6.45, 7) is 0.339. The molecule has 0 bridgehead atoms. The monoisotopic (exact) mass is 344 g/mol. The van der Waals surface area contributed by atoms with Crippen molar-refractivity contribution >= 4 is 32.6 Å². The molecule has 2 saturated heterocycles. The zero-order chi connectivity index (χ0) is 16.9. The van der Waals surface area contributed by atoms with E-state index >= 15 is 0 Å². The minimum atomic E-state index is -3.64. The summed E-state index contributed by atoms with van der Waals surface area (Å²) in [4.78, 5) is 25.0. The Labute approximate surface area is 139 Å². The van der Waals surface area contributed by atoms with Crippen molar-refractivity contribution in [2.75, 3.05) is 13.1 Å². The number of rotatable bonds is 3. The van der Waals surface area contributed by atoms with Crippen molar-refractivity contribution in [1.82, 2.24) is 9.21 Å². The summed E-state index contributed by atoms with van der Waals surface area (Å²) < 4.78 is 27.1. The third-order valence-electron chi connectivity index (χ3n) is 4.65. The molecule has 2 aliphatic heterocycles. The van der Waals surface area contributed by atoms with Crippen LogP contribution in [0.3, 0.4) is 0 Å². The lowest BCUT2D eigenvalue weighted by molar-refractivity contribution is -0.143. The van der Waals surface area contributed by atoms with Crippen LogP contribution in [0.25, 0.3) is 10.8 Å². The highest BCUT2D eigenvalue weighted by molar-refractivity contribution is 7.89. The molecule has 2 aliphatic rings. The molecule has 124 valence electrons. The van der Waals surface area contributed by atoms with E-state index in [-0.39, 0.29) is 48.7 Å². The number of benzene rings is 2. The van der Waals surface area contributed by atoms with Gasteiger partial charge in [-0.25, -0.2) is 8.42 Å². The maximum Gasteiger partial charge on any atom is 0.243 e. The van der Waals surface area contributed by atoms with Crippen LogP contribution in [0.1, 0.15) is 12.8 Å². The minimum Gasteiger partial charge on any atom is -0.277 e. The summed E-state index contributed by atoms with van der Waals surface area (Å²) >= 11 is 0. The second-order valence-electron chi connectivity index (χ2n) is 6.11. The summed E-state index contributed by atoms with van der Waals surface area (Å²) in [7, 11) is -3.64. The van der Waals surface area contributed by atoms with Crippen molar-refractivity contribution in [3.05, 3.63) is 42.5 Å². The van der Waals surface area contributed by atoms with Gasteiger partial charge in [-0.2, -0.15) is 4.31 Å². The van der Waals surface area contributed by atoms with Gasteiger partial charge in [0.25, 0.3) is 0 Å². The SMILES string of the molecule is O=C1CCC(=O)N1C1CN(S(=O)(=O)c2cccc3ccccc23)C1. The molecule has 0 aromatic heterocycles. The molecule has 24 heavy (non-hydrogen) atoms. The number of amides is 2. The number of fused-ring (bicyclic) bond motifs is 1. The number of carbonyl (C=O) groups excluding carboxylic acids is 2. The van der Waals surface area contributed by atoms with Crippen LogP contribution in [0.5, 0.6) is 0 Å². The van der Waals surface area contributed by atoms with Crippen molar-refractivity contribution < 1.29 is 18.0 Å². The highest BCUT2D eigenvalue weighted by atomic mass is 32.2. The molecular formula is C17H16N2O4S. The molecule has 0 atom stereocenters. The molecule has 6 nitrogen and oxygen atoms in total. The Bertz CT molecular complexity index is 927. The number of likely N-dealkylation sites (tertiary alicyclic amines) is 1. The van der Waals surface area contributed by atoms with Crippen LogP contribution in [0.15, 0.2) is 47.4 Å². The van der Waals surface area contributed by atoms with E-state index in [1.807, 2.05) is 24.3 Å². The molecule has 2 heterocycles. The first-order valence-electron chi connectivity index (χ1n) is 7.81. The van der Waals surface area contributed by atoms with Gasteiger partial charge in [0.05, 0.1) is 10.9 Å². The van der Waals surface area contributed by atoms with E-state index in [9.17, 15) is 18.0 Å². The first-order valence-corrected chi connectivity index (χ1v) is 9.25. The molecular weight excluding hydrogens is 328 g/mol. The number of hydrogen-bond acceptors (Lipinski definition) is 4. The van der Waals surface area contributed by atoms with Crippen LogP contribution >= 0.6 is 0 Å². The molecule has 0 radical (unpaired) electrons. The molecule has 0 N–H and O–H groups in total. The lowest BCUT2D eigenvalue weighted by Crippen LogP contribution is -2.62. The maximum absolute atomic E-state index is 12.9. The highest BCUT2D eigenvalue weighted by Gasteiger charge is 2.45. The Hall–Kier alpha value is -2.25. The number of nitrogens with zero attached hydrogens (tertiary/aromatic N) is 2. The third kappa shape index (κ3) is 2.23. The van der Waals surface area contributed by atoms with Gasteiger partial charge in [-0.05, 0) is 11.5 Å². The molecule has 0 spiro atoms. The second-order valence-corrected chi connectivity index (χ2v) is 8.02. The number of hydrogen-bond donors (Lipinski definition) is 0. The lowest BCUT2D eigenvalue weighted by atomic mass is 10.1. The van der Waals surface area contributed by atoms with Crippen molar-refractivity contribution in [1.29, 1.82) is 0 Å². The van der Waals surface area contributed by atoms with Crippen LogP contribution in [0, 0.1) is 0 Å². The predicted octanol–water partition coefficient (Wildman–Crippen LogP) is 1.36. The van der Waals surface area contributed by atoms with Crippen LogP contribution < -0.4 is 0 Å². The van der Waals surface area contributed by atoms with E-state index < -0.39 is 10.0 Å². The average molecular weight is 344 g/mol. The van der Waals surface area contributed by atoms with E-state index in [2.05, 4.69) is 0 Å². The first-order chi connectivity index (χ1) is 11.5. The smallest absolute Gasteiger partial charge is 0.243 e. The molecule has 0 unspecified atom stereocenters. The molecule has 0 aliphatic carbocycles. The number of sulfonamides is 1. The summed E-state index contributed by atoms with van der Waals surface area (Å²) in [6, 6.07) is 12.2. The van der Waals surface area contributed by atoms with Crippen molar-refractivity contribution in [2.45, 2.75) is 23.8 Å². The summed E-state index contributed by atoms with van der Waals surface area (Å²) in [6.07, 6.45) is 0.455. The molecule has 2 aromatic carbocycles. The van der Waals surface area contributed by atoms with Gasteiger partial charge >= 0.3 is 0 Å². The summed E-state index contributed by atoms with van der Waals surface area (Å²) in [5, 5.41) is 1.54. The van der Waals surface area contributed by atoms with Crippen LogP contribution in [-0.4, -0.2) is 48.6 Å². The van der Waals surface area contributed by atoms with Crippen molar-refractivity contribution in [3.8, 4) is 0 Å². The molecule has 2 fully saturated rings. The fourth-order valence-corrected chi connectivity index (χ4v) is 5.07. The fourth-order valence-electron chi connectivity index (χ4n) is 3.34. The van der Waals surface area contributed by atoms with Gasteiger partial charge in [0.2, 0.25) is 21.8 Å². The zero-order valence-corrected chi connectivity index (χ0v) is 13.7. The first kappa shape index (κ1) is 15.3. The Kier molecular flexibility index (Phi) is 3.43. The van der Waals surface area contributed by atoms with Gasteiger partial charge in [-0.1, -0.05) is 36.4 Å². The Morgan fingerprint density at radius 2 is 1.50 bits per heavy atom. The largest absolute Gasteiger partial charge is 0.277 e. The topological polar surface area (TPSA) is 74.8 Å². The van der Waals surface area contributed by atoms with E-state index in [1.165, 1.54) is 9.21 Å². The van der Waals surface area contributed by atoms with Gasteiger partial charge in [0.1, 0.15) is 0 Å². The molecule has 2 aromatic rings. The second kappa shape index (κ2) is 5.39. The van der Waals surface area contributed by atoms with Gasteiger partial charge < -0.3 is 0 Å². The molecule has 2 amide bonds.